The summed E-state index contributed by atoms with van der Waals surface area (Å²) in [5.74, 6) is 0. The highest BCUT2D eigenvalue weighted by Gasteiger charge is 2.44. The minimum Gasteiger partial charge on any atom is -0.310 e. The van der Waals surface area contributed by atoms with Crippen LogP contribution in [0.1, 0.15) is 26.2 Å². The minimum atomic E-state index is 0.647. The summed E-state index contributed by atoms with van der Waals surface area (Å²) in [5, 5.41) is 5.76. The monoisotopic (exact) mass is 182 g/mol. The summed E-state index contributed by atoms with van der Waals surface area (Å²) < 4.78 is 0. The summed E-state index contributed by atoms with van der Waals surface area (Å²) in [6.07, 6.45) is 4.04. The molecule has 0 amide bonds. The van der Waals surface area contributed by atoms with Gasteiger partial charge in [0.25, 0.3) is 0 Å². The average molecular weight is 182 g/mol. The quantitative estimate of drug-likeness (QED) is 0.612. The second-order valence-electron chi connectivity index (χ2n) is 4.08. The third kappa shape index (κ3) is 0.958. The molecule has 0 aliphatic carbocycles. The van der Waals surface area contributed by atoms with Crippen molar-refractivity contribution in [3.8, 4) is 0 Å². The van der Waals surface area contributed by atoms with Crippen molar-refractivity contribution in [2.75, 3.05) is 0 Å². The zero-order chi connectivity index (χ0) is 8.13. The molecule has 1 N–H and O–H groups in total. The second-order valence-corrected chi connectivity index (χ2v) is 5.45. The van der Waals surface area contributed by atoms with Crippen molar-refractivity contribution in [2.24, 2.45) is 4.99 Å². The van der Waals surface area contributed by atoms with E-state index in [0.29, 0.717) is 6.04 Å². The lowest BCUT2D eigenvalue weighted by molar-refractivity contribution is 0.379. The third-order valence-electron chi connectivity index (χ3n) is 3.23. The normalized spacial score (nSPS) is 50.6. The molecule has 0 aromatic heterocycles. The van der Waals surface area contributed by atoms with Gasteiger partial charge in [-0.2, -0.15) is 0 Å². The SMILES string of the molecule is CC1=NC2CC3CCC(N3)C2S1. The summed E-state index contributed by atoms with van der Waals surface area (Å²) in [4.78, 5) is 4.69. The van der Waals surface area contributed by atoms with Crippen molar-refractivity contribution in [1.82, 2.24) is 5.32 Å². The first-order valence-corrected chi connectivity index (χ1v) is 5.68. The van der Waals surface area contributed by atoms with Crippen LogP contribution in [0, 0.1) is 0 Å². The van der Waals surface area contributed by atoms with Crippen LogP contribution in [0.25, 0.3) is 0 Å². The van der Waals surface area contributed by atoms with E-state index in [1.165, 1.54) is 24.3 Å². The van der Waals surface area contributed by atoms with E-state index < -0.39 is 0 Å². The molecular formula is C9H14N2S. The van der Waals surface area contributed by atoms with Crippen LogP contribution in [0.4, 0.5) is 0 Å². The fourth-order valence-electron chi connectivity index (χ4n) is 2.74. The summed E-state index contributed by atoms with van der Waals surface area (Å²) >= 11 is 2.00. The van der Waals surface area contributed by atoms with Gasteiger partial charge in [-0.25, -0.2) is 0 Å². The van der Waals surface area contributed by atoms with Crippen LogP contribution in [-0.2, 0) is 0 Å². The van der Waals surface area contributed by atoms with Gasteiger partial charge in [0.05, 0.1) is 11.1 Å². The molecule has 3 rings (SSSR count). The largest absolute Gasteiger partial charge is 0.310 e. The van der Waals surface area contributed by atoms with E-state index in [9.17, 15) is 0 Å². The summed E-state index contributed by atoms with van der Waals surface area (Å²) in [6, 6.07) is 2.19. The molecule has 3 aliphatic heterocycles. The van der Waals surface area contributed by atoms with Gasteiger partial charge >= 0.3 is 0 Å². The zero-order valence-corrected chi connectivity index (χ0v) is 8.10. The van der Waals surface area contributed by atoms with Crippen LogP contribution < -0.4 is 5.32 Å². The molecule has 2 saturated heterocycles. The fourth-order valence-corrected chi connectivity index (χ4v) is 4.03. The molecule has 0 aromatic carbocycles. The molecular weight excluding hydrogens is 168 g/mol. The van der Waals surface area contributed by atoms with Crippen molar-refractivity contribution in [3.63, 3.8) is 0 Å². The number of hydrogen-bond acceptors (Lipinski definition) is 3. The first kappa shape index (κ1) is 7.39. The topological polar surface area (TPSA) is 24.4 Å². The second kappa shape index (κ2) is 2.48. The maximum Gasteiger partial charge on any atom is 0.0661 e. The van der Waals surface area contributed by atoms with Gasteiger partial charge in [-0.1, -0.05) is 0 Å². The van der Waals surface area contributed by atoms with Gasteiger partial charge in [0, 0.05) is 17.3 Å². The number of rotatable bonds is 0. The third-order valence-corrected chi connectivity index (χ3v) is 4.59. The Balaban J connectivity index is 1.87. The maximum absolute atomic E-state index is 4.69. The number of fused-ring (bicyclic) bond motifs is 4. The predicted octanol–water partition coefficient (Wildman–Crippen LogP) is 1.41. The fraction of sp³-hybridized carbons (Fsp3) is 0.889. The minimum absolute atomic E-state index is 0.647. The van der Waals surface area contributed by atoms with Crippen molar-refractivity contribution >= 4 is 16.8 Å². The molecule has 4 unspecified atom stereocenters. The molecule has 66 valence electrons. The molecule has 0 spiro atoms. The van der Waals surface area contributed by atoms with Gasteiger partial charge in [-0.05, 0) is 26.2 Å². The molecule has 2 bridgehead atoms. The first-order valence-electron chi connectivity index (χ1n) is 4.80. The molecule has 3 heterocycles. The van der Waals surface area contributed by atoms with Crippen LogP contribution in [0.15, 0.2) is 4.99 Å². The molecule has 0 saturated carbocycles. The Morgan fingerprint density at radius 1 is 1.50 bits per heavy atom. The van der Waals surface area contributed by atoms with Gasteiger partial charge in [0.1, 0.15) is 0 Å². The van der Waals surface area contributed by atoms with Gasteiger partial charge in [0.2, 0.25) is 0 Å². The highest BCUT2D eigenvalue weighted by molar-refractivity contribution is 8.14. The molecule has 4 atom stereocenters. The van der Waals surface area contributed by atoms with E-state index in [1.807, 2.05) is 11.8 Å². The van der Waals surface area contributed by atoms with Crippen LogP contribution >= 0.6 is 11.8 Å². The zero-order valence-electron chi connectivity index (χ0n) is 7.29. The number of hydrogen-bond donors (Lipinski definition) is 1. The highest BCUT2D eigenvalue weighted by atomic mass is 32.2. The van der Waals surface area contributed by atoms with Crippen molar-refractivity contribution in [3.05, 3.63) is 0 Å². The van der Waals surface area contributed by atoms with Gasteiger partial charge in [-0.3, -0.25) is 4.99 Å². The lowest BCUT2D eigenvalue weighted by Gasteiger charge is -2.30. The van der Waals surface area contributed by atoms with Crippen LogP contribution in [0.5, 0.6) is 0 Å². The highest BCUT2D eigenvalue weighted by Crippen LogP contribution is 2.40. The number of aliphatic imine (C=N–C) groups is 1. The van der Waals surface area contributed by atoms with E-state index in [0.717, 1.165) is 17.3 Å². The molecule has 0 radical (unpaired) electrons. The average Bonchev–Trinajstić information content (AvgIpc) is 2.57. The Morgan fingerprint density at radius 3 is 3.33 bits per heavy atom. The molecule has 2 fully saturated rings. The van der Waals surface area contributed by atoms with Crippen molar-refractivity contribution < 1.29 is 0 Å². The summed E-state index contributed by atoms with van der Waals surface area (Å²) in [5.41, 5.74) is 0. The van der Waals surface area contributed by atoms with E-state index in [2.05, 4.69) is 12.2 Å². The van der Waals surface area contributed by atoms with Gasteiger partial charge in [0.15, 0.2) is 0 Å². The summed E-state index contributed by atoms with van der Waals surface area (Å²) in [6.45, 7) is 2.15. The van der Waals surface area contributed by atoms with E-state index >= 15 is 0 Å². The first-order chi connectivity index (χ1) is 5.83. The molecule has 2 nitrogen and oxygen atoms in total. The Morgan fingerprint density at radius 2 is 2.42 bits per heavy atom. The van der Waals surface area contributed by atoms with E-state index in [1.54, 1.807) is 0 Å². The van der Waals surface area contributed by atoms with Crippen molar-refractivity contribution in [2.45, 2.75) is 49.6 Å². The van der Waals surface area contributed by atoms with Crippen LogP contribution in [0.3, 0.4) is 0 Å². The molecule has 0 aromatic rings. The standard InChI is InChI=1S/C9H14N2S/c1-5-10-8-4-6-2-3-7(11-6)9(8)12-5/h6-9,11H,2-4H2,1H3. The van der Waals surface area contributed by atoms with E-state index in [4.69, 9.17) is 4.99 Å². The Hall–Kier alpha value is -0.0200. The van der Waals surface area contributed by atoms with Gasteiger partial charge in [-0.15, -0.1) is 11.8 Å². The van der Waals surface area contributed by atoms with Crippen LogP contribution in [0.2, 0.25) is 0 Å². The Bertz CT molecular complexity index is 239. The Kier molecular flexibility index (Phi) is 1.53. The molecule has 12 heavy (non-hydrogen) atoms. The lowest BCUT2D eigenvalue weighted by Crippen LogP contribution is -2.47. The summed E-state index contributed by atoms with van der Waals surface area (Å²) in [7, 11) is 0. The van der Waals surface area contributed by atoms with Gasteiger partial charge < -0.3 is 5.32 Å². The smallest absolute Gasteiger partial charge is 0.0661 e. The Labute approximate surface area is 77.2 Å². The number of nitrogens with zero attached hydrogens (tertiary/aromatic N) is 1. The lowest BCUT2D eigenvalue weighted by atomic mass is 10.00. The van der Waals surface area contributed by atoms with Crippen molar-refractivity contribution in [1.29, 1.82) is 0 Å². The predicted molar refractivity (Wildman–Crippen MR) is 52.8 cm³/mol. The molecule has 3 aliphatic rings. The maximum atomic E-state index is 4.69. The number of piperidine rings is 1. The molecule has 3 heteroatoms. The number of thioether (sulfide) groups is 1. The number of nitrogens with one attached hydrogen (secondary N) is 1. The van der Waals surface area contributed by atoms with E-state index in [-0.39, 0.29) is 0 Å². The van der Waals surface area contributed by atoms with Crippen LogP contribution in [-0.4, -0.2) is 28.4 Å².